The van der Waals surface area contributed by atoms with E-state index in [9.17, 15) is 9.59 Å². The zero-order valence-electron chi connectivity index (χ0n) is 9.90. The number of hydrogen-bond acceptors (Lipinski definition) is 2. The predicted octanol–water partition coefficient (Wildman–Crippen LogP) is 2.20. The summed E-state index contributed by atoms with van der Waals surface area (Å²) >= 11 is 0. The summed E-state index contributed by atoms with van der Waals surface area (Å²) in [5.74, 6) is 0.118. The van der Waals surface area contributed by atoms with Crippen LogP contribution in [0.1, 0.15) is 30.1 Å². The van der Waals surface area contributed by atoms with Gasteiger partial charge in [0.05, 0.1) is 5.69 Å². The van der Waals surface area contributed by atoms with Gasteiger partial charge in [-0.25, -0.2) is 4.79 Å². The number of rotatable bonds is 1. The summed E-state index contributed by atoms with van der Waals surface area (Å²) in [6.07, 6.45) is 1.22. The normalized spacial score (nSPS) is 15.1. The molecule has 1 heterocycles. The van der Waals surface area contributed by atoms with Gasteiger partial charge >= 0.3 is 6.03 Å². The minimum absolute atomic E-state index is 0.118. The summed E-state index contributed by atoms with van der Waals surface area (Å²) in [6.45, 7) is 3.06. The molecule has 1 N–H and O–H groups in total. The number of para-hydroxylation sites is 1. The molecule has 0 spiro atoms. The molecule has 0 atom stereocenters. The maximum absolute atomic E-state index is 11.9. The Bertz CT molecular complexity index is 443. The Labute approximate surface area is 101 Å². The maximum Gasteiger partial charge on any atom is 0.321 e. The molecule has 0 fully saturated rings. The minimum Gasteiger partial charge on any atom is -0.338 e. The van der Waals surface area contributed by atoms with E-state index < -0.39 is 0 Å². The first-order valence-corrected chi connectivity index (χ1v) is 5.91. The van der Waals surface area contributed by atoms with Crippen molar-refractivity contribution in [2.45, 2.75) is 19.8 Å². The summed E-state index contributed by atoms with van der Waals surface area (Å²) in [5, 5.41) is 2.77. The molecule has 4 heteroatoms. The van der Waals surface area contributed by atoms with Crippen LogP contribution in [0.3, 0.4) is 0 Å². The van der Waals surface area contributed by atoms with Crippen molar-refractivity contribution < 1.29 is 9.59 Å². The number of carbonyl (C=O) groups excluding carboxylic acids is 2. The Balaban J connectivity index is 2.38. The number of benzene rings is 1. The second kappa shape index (κ2) is 4.99. The maximum atomic E-state index is 11.9. The number of ketones is 1. The van der Waals surface area contributed by atoms with Crippen LogP contribution in [0, 0.1) is 0 Å². The van der Waals surface area contributed by atoms with Gasteiger partial charge in [0.2, 0.25) is 0 Å². The number of Topliss-reactive ketones (excluding diaryl/α,β-unsaturated/α-hetero) is 1. The van der Waals surface area contributed by atoms with Crippen LogP contribution in [0.4, 0.5) is 10.5 Å². The average Bonchev–Trinajstić information content (AvgIpc) is 2.50. The van der Waals surface area contributed by atoms with Crippen molar-refractivity contribution in [1.29, 1.82) is 0 Å². The Kier molecular flexibility index (Phi) is 3.42. The first-order chi connectivity index (χ1) is 8.24. The van der Waals surface area contributed by atoms with Crippen molar-refractivity contribution in [3.8, 4) is 0 Å². The van der Waals surface area contributed by atoms with E-state index in [4.69, 9.17) is 0 Å². The lowest BCUT2D eigenvalue weighted by molar-refractivity contribution is 0.0983. The van der Waals surface area contributed by atoms with E-state index in [1.807, 2.05) is 25.1 Å². The number of urea groups is 1. The van der Waals surface area contributed by atoms with Crippen molar-refractivity contribution in [3.05, 3.63) is 29.8 Å². The van der Waals surface area contributed by atoms with Gasteiger partial charge in [-0.05, 0) is 25.5 Å². The molecule has 1 aromatic rings. The molecule has 0 aromatic heterocycles. The third kappa shape index (κ3) is 2.30. The second-order valence-corrected chi connectivity index (χ2v) is 4.03. The minimum atomic E-state index is -0.130. The number of hydrogen-bond donors (Lipinski definition) is 1. The van der Waals surface area contributed by atoms with Crippen molar-refractivity contribution in [1.82, 2.24) is 5.32 Å². The molecular weight excluding hydrogens is 216 g/mol. The SMILES string of the molecule is CCNC(=O)N1CCCC(=O)c2ccccc21. The summed E-state index contributed by atoms with van der Waals surface area (Å²) in [4.78, 5) is 25.5. The number of carbonyl (C=O) groups is 2. The molecule has 1 aliphatic heterocycles. The lowest BCUT2D eigenvalue weighted by atomic mass is 10.1. The van der Waals surface area contributed by atoms with Crippen molar-refractivity contribution in [3.63, 3.8) is 0 Å². The number of fused-ring (bicyclic) bond motifs is 1. The standard InChI is InChI=1S/C13H16N2O2/c1-2-14-13(17)15-9-5-8-12(16)10-6-3-4-7-11(10)15/h3-4,6-7H,2,5,8-9H2,1H3,(H,14,17). The first kappa shape index (κ1) is 11.6. The van der Waals surface area contributed by atoms with E-state index in [1.165, 1.54) is 0 Å². The molecule has 2 amide bonds. The van der Waals surface area contributed by atoms with Crippen molar-refractivity contribution >= 4 is 17.5 Å². The second-order valence-electron chi connectivity index (χ2n) is 4.03. The topological polar surface area (TPSA) is 49.4 Å². The zero-order valence-corrected chi connectivity index (χ0v) is 9.90. The monoisotopic (exact) mass is 232 g/mol. The van der Waals surface area contributed by atoms with Gasteiger partial charge in [-0.15, -0.1) is 0 Å². The van der Waals surface area contributed by atoms with Gasteiger partial charge in [0, 0.05) is 25.1 Å². The van der Waals surface area contributed by atoms with Gasteiger partial charge < -0.3 is 5.32 Å². The molecule has 0 aliphatic carbocycles. The van der Waals surface area contributed by atoms with Crippen LogP contribution in [0.15, 0.2) is 24.3 Å². The highest BCUT2D eigenvalue weighted by molar-refractivity contribution is 6.06. The van der Waals surface area contributed by atoms with E-state index in [2.05, 4.69) is 5.32 Å². The van der Waals surface area contributed by atoms with Crippen molar-refractivity contribution in [2.75, 3.05) is 18.0 Å². The van der Waals surface area contributed by atoms with Crippen LogP contribution < -0.4 is 10.2 Å². The fourth-order valence-electron chi connectivity index (χ4n) is 2.06. The third-order valence-electron chi connectivity index (χ3n) is 2.85. The first-order valence-electron chi connectivity index (χ1n) is 5.91. The largest absolute Gasteiger partial charge is 0.338 e. The van der Waals surface area contributed by atoms with Crippen LogP contribution in [-0.4, -0.2) is 24.9 Å². The number of nitrogens with one attached hydrogen (secondary N) is 1. The van der Waals surface area contributed by atoms with Crippen LogP contribution in [0.5, 0.6) is 0 Å². The third-order valence-corrected chi connectivity index (χ3v) is 2.85. The molecule has 0 saturated heterocycles. The molecule has 1 aromatic carbocycles. The highest BCUT2D eigenvalue weighted by Crippen LogP contribution is 2.25. The summed E-state index contributed by atoms with van der Waals surface area (Å²) < 4.78 is 0. The highest BCUT2D eigenvalue weighted by atomic mass is 16.2. The van der Waals surface area contributed by atoms with Gasteiger partial charge in [0.25, 0.3) is 0 Å². The molecule has 2 rings (SSSR count). The quantitative estimate of drug-likeness (QED) is 0.807. The average molecular weight is 232 g/mol. The molecule has 4 nitrogen and oxygen atoms in total. The number of anilines is 1. The lowest BCUT2D eigenvalue weighted by Crippen LogP contribution is -2.40. The smallest absolute Gasteiger partial charge is 0.321 e. The van der Waals surface area contributed by atoms with E-state index in [1.54, 1.807) is 11.0 Å². The summed E-state index contributed by atoms with van der Waals surface area (Å²) in [7, 11) is 0. The molecule has 90 valence electrons. The van der Waals surface area contributed by atoms with Gasteiger partial charge in [-0.2, -0.15) is 0 Å². The highest BCUT2D eigenvalue weighted by Gasteiger charge is 2.24. The lowest BCUT2D eigenvalue weighted by Gasteiger charge is -2.22. The Morgan fingerprint density at radius 1 is 1.41 bits per heavy atom. The summed E-state index contributed by atoms with van der Waals surface area (Å²) in [5.41, 5.74) is 1.37. The molecule has 1 aliphatic rings. The van der Waals surface area contributed by atoms with Crippen LogP contribution in [0.25, 0.3) is 0 Å². The predicted molar refractivity (Wildman–Crippen MR) is 66.4 cm³/mol. The van der Waals surface area contributed by atoms with E-state index in [0.717, 1.165) is 5.69 Å². The fraction of sp³-hybridized carbons (Fsp3) is 0.385. The van der Waals surface area contributed by atoms with Crippen LogP contribution in [-0.2, 0) is 0 Å². The van der Waals surface area contributed by atoms with Gasteiger partial charge in [-0.3, -0.25) is 9.69 Å². The number of amides is 2. The Morgan fingerprint density at radius 2 is 2.18 bits per heavy atom. The van der Waals surface area contributed by atoms with E-state index in [-0.39, 0.29) is 11.8 Å². The van der Waals surface area contributed by atoms with Crippen molar-refractivity contribution in [2.24, 2.45) is 0 Å². The zero-order chi connectivity index (χ0) is 12.3. The molecule has 0 unspecified atom stereocenters. The van der Waals surface area contributed by atoms with Crippen LogP contribution >= 0.6 is 0 Å². The summed E-state index contributed by atoms with van der Waals surface area (Å²) in [6, 6.07) is 7.17. The Morgan fingerprint density at radius 3 is 2.94 bits per heavy atom. The molecule has 0 bridgehead atoms. The Hall–Kier alpha value is -1.84. The molecule has 17 heavy (non-hydrogen) atoms. The van der Waals surface area contributed by atoms with Gasteiger partial charge in [0.15, 0.2) is 5.78 Å². The van der Waals surface area contributed by atoms with Gasteiger partial charge in [-0.1, -0.05) is 12.1 Å². The fourth-order valence-corrected chi connectivity index (χ4v) is 2.06. The van der Waals surface area contributed by atoms with E-state index >= 15 is 0 Å². The van der Waals surface area contributed by atoms with E-state index in [0.29, 0.717) is 31.5 Å². The molecule has 0 radical (unpaired) electrons. The van der Waals surface area contributed by atoms with Crippen LogP contribution in [0.2, 0.25) is 0 Å². The van der Waals surface area contributed by atoms with Gasteiger partial charge in [0.1, 0.15) is 0 Å². The number of nitrogens with zero attached hydrogens (tertiary/aromatic N) is 1. The molecular formula is C13H16N2O2. The molecule has 0 saturated carbocycles.